The molecule has 0 saturated carbocycles. The molecule has 3 aromatic rings. The molecule has 7 nitrogen and oxygen atoms in total. The third-order valence-corrected chi connectivity index (χ3v) is 5.54. The van der Waals surface area contributed by atoms with Crippen molar-refractivity contribution in [2.24, 2.45) is 0 Å². The molecule has 1 aliphatic rings. The molecule has 0 amide bonds. The summed E-state index contributed by atoms with van der Waals surface area (Å²) in [7, 11) is 3.32. The molecule has 2 aromatic heterocycles. The highest BCUT2D eigenvalue weighted by molar-refractivity contribution is 5.52. The van der Waals surface area contributed by atoms with Crippen molar-refractivity contribution in [2.75, 3.05) is 27.3 Å². The Morgan fingerprint density at radius 3 is 2.60 bits per heavy atom. The monoisotopic (exact) mass is 406 g/mol. The lowest BCUT2D eigenvalue weighted by Gasteiger charge is -2.32. The van der Waals surface area contributed by atoms with Gasteiger partial charge in [0.1, 0.15) is 5.82 Å². The third-order valence-electron chi connectivity index (χ3n) is 5.54. The van der Waals surface area contributed by atoms with Crippen molar-refractivity contribution < 1.29 is 9.47 Å². The van der Waals surface area contributed by atoms with Gasteiger partial charge in [0.25, 0.3) is 5.56 Å². The van der Waals surface area contributed by atoms with E-state index in [0.717, 1.165) is 55.4 Å². The third kappa shape index (κ3) is 4.36. The van der Waals surface area contributed by atoms with Gasteiger partial charge < -0.3 is 14.5 Å². The summed E-state index contributed by atoms with van der Waals surface area (Å²) in [6, 6.07) is 13.1. The van der Waals surface area contributed by atoms with Crippen LogP contribution in [0.5, 0.6) is 11.5 Å². The van der Waals surface area contributed by atoms with Crippen LogP contribution in [0.4, 0.5) is 0 Å². The minimum atomic E-state index is -0.135. The first-order valence-electron chi connectivity index (χ1n) is 10.1. The number of para-hydroxylation sites is 1. The maximum Gasteiger partial charge on any atom is 0.251 e. The molecule has 30 heavy (non-hydrogen) atoms. The van der Waals surface area contributed by atoms with Crippen molar-refractivity contribution in [2.45, 2.75) is 25.3 Å². The summed E-state index contributed by atoms with van der Waals surface area (Å²) in [5.74, 6) is 2.51. The van der Waals surface area contributed by atoms with Gasteiger partial charge in [-0.05, 0) is 44.1 Å². The van der Waals surface area contributed by atoms with Gasteiger partial charge >= 0.3 is 0 Å². The molecule has 0 atom stereocenters. The fourth-order valence-corrected chi connectivity index (χ4v) is 4.00. The van der Waals surface area contributed by atoms with E-state index < -0.39 is 0 Å². The topological polar surface area (TPSA) is 80.3 Å². The maximum atomic E-state index is 12.2. The van der Waals surface area contributed by atoms with Gasteiger partial charge in [-0.2, -0.15) is 0 Å². The smallest absolute Gasteiger partial charge is 0.251 e. The van der Waals surface area contributed by atoms with Crippen LogP contribution in [0, 0.1) is 0 Å². The minimum Gasteiger partial charge on any atom is -0.493 e. The van der Waals surface area contributed by atoms with Gasteiger partial charge in [-0.1, -0.05) is 18.2 Å². The van der Waals surface area contributed by atoms with Gasteiger partial charge in [0, 0.05) is 30.3 Å². The lowest BCUT2D eigenvalue weighted by Crippen LogP contribution is -2.33. The highest BCUT2D eigenvalue weighted by atomic mass is 16.5. The van der Waals surface area contributed by atoms with Gasteiger partial charge in [0.2, 0.25) is 0 Å². The second-order valence-corrected chi connectivity index (χ2v) is 7.43. The van der Waals surface area contributed by atoms with Gasteiger partial charge in [0.05, 0.1) is 25.6 Å². The molecular weight excluding hydrogens is 380 g/mol. The van der Waals surface area contributed by atoms with Crippen LogP contribution in [0.3, 0.4) is 0 Å². The van der Waals surface area contributed by atoms with Crippen molar-refractivity contribution in [1.29, 1.82) is 0 Å². The van der Waals surface area contributed by atoms with Crippen LogP contribution in [-0.4, -0.2) is 47.2 Å². The van der Waals surface area contributed by atoms with Gasteiger partial charge in [-0.3, -0.25) is 14.7 Å². The van der Waals surface area contributed by atoms with Crippen molar-refractivity contribution in [3.63, 3.8) is 0 Å². The predicted molar refractivity (Wildman–Crippen MR) is 115 cm³/mol. The van der Waals surface area contributed by atoms with Crippen LogP contribution in [0.2, 0.25) is 0 Å². The Bertz CT molecular complexity index is 1040. The Morgan fingerprint density at radius 2 is 1.90 bits per heavy atom. The number of hydrogen-bond acceptors (Lipinski definition) is 6. The Morgan fingerprint density at radius 1 is 1.07 bits per heavy atom. The number of benzene rings is 1. The molecule has 156 valence electrons. The second-order valence-electron chi connectivity index (χ2n) is 7.43. The molecule has 1 fully saturated rings. The number of piperidine rings is 1. The van der Waals surface area contributed by atoms with Crippen LogP contribution in [0.1, 0.15) is 30.1 Å². The number of likely N-dealkylation sites (tertiary alicyclic amines) is 1. The van der Waals surface area contributed by atoms with E-state index in [1.165, 1.54) is 6.07 Å². The molecular formula is C23H26N4O3. The molecule has 7 heteroatoms. The standard InChI is InChI=1S/C23H26N4O3/c1-29-20-8-5-6-17(22(20)30-2)15-27-12-9-16(10-13-27)23-25-19(14-21(28)26-23)18-7-3-4-11-24-18/h3-8,11,14,16H,9-10,12-13,15H2,1-2H3,(H,25,26,28). The first-order valence-corrected chi connectivity index (χ1v) is 10.1. The largest absolute Gasteiger partial charge is 0.493 e. The van der Waals surface area contributed by atoms with Crippen molar-refractivity contribution in [3.05, 3.63) is 70.4 Å². The average Bonchev–Trinajstić information content (AvgIpc) is 2.79. The summed E-state index contributed by atoms with van der Waals surface area (Å²) in [4.78, 5) is 26.6. The first kappa shape index (κ1) is 20.1. The molecule has 0 unspecified atom stereocenters. The summed E-state index contributed by atoms with van der Waals surface area (Å²) in [5.41, 5.74) is 2.31. The van der Waals surface area contributed by atoms with E-state index in [1.807, 2.05) is 30.3 Å². The Kier molecular flexibility index (Phi) is 6.09. The summed E-state index contributed by atoms with van der Waals surface area (Å²) >= 11 is 0. The number of H-pyrrole nitrogens is 1. The fourth-order valence-electron chi connectivity index (χ4n) is 4.00. The number of hydrogen-bond donors (Lipinski definition) is 1. The van der Waals surface area contributed by atoms with Gasteiger partial charge in [0.15, 0.2) is 11.5 Å². The molecule has 0 aliphatic carbocycles. The molecule has 0 radical (unpaired) electrons. The van der Waals surface area contributed by atoms with Crippen LogP contribution >= 0.6 is 0 Å². The summed E-state index contributed by atoms with van der Waals surface area (Å²) in [6.45, 7) is 2.64. The number of ether oxygens (including phenoxy) is 2. The van der Waals surface area contributed by atoms with E-state index >= 15 is 0 Å². The predicted octanol–water partition coefficient (Wildman–Crippen LogP) is 3.23. The first-order chi connectivity index (χ1) is 14.7. The Labute approximate surface area is 175 Å². The highest BCUT2D eigenvalue weighted by Gasteiger charge is 2.24. The zero-order valence-electron chi connectivity index (χ0n) is 17.3. The fraction of sp³-hybridized carbons (Fsp3) is 0.348. The second kappa shape index (κ2) is 9.09. The zero-order valence-corrected chi connectivity index (χ0v) is 17.3. The normalized spacial score (nSPS) is 15.1. The van der Waals surface area contributed by atoms with Crippen LogP contribution < -0.4 is 15.0 Å². The Balaban J connectivity index is 1.46. The lowest BCUT2D eigenvalue weighted by molar-refractivity contribution is 0.199. The number of aromatic nitrogens is 3. The molecule has 0 spiro atoms. The molecule has 3 heterocycles. The maximum absolute atomic E-state index is 12.2. The van der Waals surface area contributed by atoms with Crippen LogP contribution in [0.15, 0.2) is 53.5 Å². The lowest BCUT2D eigenvalue weighted by atomic mass is 9.95. The number of nitrogens with one attached hydrogen (secondary N) is 1. The van der Waals surface area contributed by atoms with E-state index in [2.05, 4.69) is 20.9 Å². The van der Waals surface area contributed by atoms with Crippen LogP contribution in [-0.2, 0) is 6.54 Å². The number of aromatic amines is 1. The molecule has 1 N–H and O–H groups in total. The Hall–Kier alpha value is -3.19. The summed E-state index contributed by atoms with van der Waals surface area (Å²) in [6.07, 6.45) is 3.57. The van der Waals surface area contributed by atoms with E-state index in [-0.39, 0.29) is 11.5 Å². The quantitative estimate of drug-likeness (QED) is 0.677. The van der Waals surface area contributed by atoms with Crippen molar-refractivity contribution in [1.82, 2.24) is 19.9 Å². The van der Waals surface area contributed by atoms with E-state index in [1.54, 1.807) is 20.4 Å². The highest BCUT2D eigenvalue weighted by Crippen LogP contribution is 2.33. The van der Waals surface area contributed by atoms with Gasteiger partial charge in [-0.25, -0.2) is 4.98 Å². The van der Waals surface area contributed by atoms with E-state index in [0.29, 0.717) is 11.4 Å². The van der Waals surface area contributed by atoms with E-state index in [9.17, 15) is 4.79 Å². The SMILES string of the molecule is COc1cccc(CN2CCC(c3nc(-c4ccccn4)cc(=O)[nH]3)CC2)c1OC. The zero-order chi connectivity index (χ0) is 20.9. The summed E-state index contributed by atoms with van der Waals surface area (Å²) in [5, 5.41) is 0. The number of nitrogens with zero attached hydrogens (tertiary/aromatic N) is 3. The molecule has 1 aromatic carbocycles. The molecule has 0 bridgehead atoms. The van der Waals surface area contributed by atoms with Crippen molar-refractivity contribution >= 4 is 0 Å². The number of pyridine rings is 1. The molecule has 1 saturated heterocycles. The summed E-state index contributed by atoms with van der Waals surface area (Å²) < 4.78 is 11.0. The van der Waals surface area contributed by atoms with Crippen molar-refractivity contribution in [3.8, 4) is 22.9 Å². The number of methoxy groups -OCH3 is 2. The minimum absolute atomic E-state index is 0.135. The molecule has 4 rings (SSSR count). The number of rotatable bonds is 6. The molecule has 1 aliphatic heterocycles. The van der Waals surface area contributed by atoms with Crippen LogP contribution in [0.25, 0.3) is 11.4 Å². The average molecular weight is 406 g/mol. The van der Waals surface area contributed by atoms with Gasteiger partial charge in [-0.15, -0.1) is 0 Å². The van der Waals surface area contributed by atoms with E-state index in [4.69, 9.17) is 14.5 Å².